The monoisotopic (exact) mass is 474 g/mol. The van der Waals surface area contributed by atoms with Crippen molar-refractivity contribution in [3.8, 4) is 0 Å². The van der Waals surface area contributed by atoms with Crippen molar-refractivity contribution in [2.45, 2.75) is 91.9 Å². The van der Waals surface area contributed by atoms with E-state index in [1.807, 2.05) is 0 Å². The van der Waals surface area contributed by atoms with Crippen LogP contribution in [-0.4, -0.2) is 6.16 Å². The van der Waals surface area contributed by atoms with Crippen molar-refractivity contribution < 1.29 is 0 Å². The van der Waals surface area contributed by atoms with Crippen LogP contribution in [0.3, 0.4) is 0 Å². The Morgan fingerprint density at radius 3 is 1.03 bits per heavy atom. The maximum absolute atomic E-state index is 2.43. The number of benzene rings is 3. The number of aryl methyl sites for hydroxylation is 3. The predicted molar refractivity (Wildman–Crippen MR) is 157 cm³/mol. The fraction of sp³-hybridized carbons (Fsp3) is 0.455. The molecular formula is C33H47P. The molecule has 0 atom stereocenters. The Kier molecular flexibility index (Phi) is 10.9. The van der Waals surface area contributed by atoms with Crippen molar-refractivity contribution in [3.05, 3.63) is 89.5 Å². The molecule has 34 heavy (non-hydrogen) atoms. The molecule has 0 unspecified atom stereocenters. The van der Waals surface area contributed by atoms with Gasteiger partial charge in [0.2, 0.25) is 0 Å². The van der Waals surface area contributed by atoms with E-state index < -0.39 is 7.26 Å². The summed E-state index contributed by atoms with van der Waals surface area (Å²) in [5.74, 6) is 0. The van der Waals surface area contributed by atoms with Gasteiger partial charge in [-0.1, -0.05) is 0 Å². The molecule has 0 amide bonds. The zero-order valence-electron chi connectivity index (χ0n) is 22.2. The minimum atomic E-state index is -2.08. The molecule has 0 nitrogen and oxygen atoms in total. The van der Waals surface area contributed by atoms with Gasteiger partial charge >= 0.3 is 211 Å². The number of hydrogen-bond acceptors (Lipinski definition) is 0. The van der Waals surface area contributed by atoms with Crippen molar-refractivity contribution in [2.24, 2.45) is 0 Å². The first-order chi connectivity index (χ1) is 16.6. The fourth-order valence-corrected chi connectivity index (χ4v) is 10.2. The molecule has 0 bridgehead atoms. The number of unbranched alkanes of at least 4 members (excludes halogenated alkanes) is 9. The summed E-state index contributed by atoms with van der Waals surface area (Å²) in [7, 11) is -2.08. The molecule has 3 aromatic carbocycles. The summed E-state index contributed by atoms with van der Waals surface area (Å²) in [6.45, 7) is 8.90. The zero-order chi connectivity index (χ0) is 24.2. The van der Waals surface area contributed by atoms with Crippen LogP contribution in [0.25, 0.3) is 0 Å². The van der Waals surface area contributed by atoms with Crippen LogP contribution in [0.2, 0.25) is 0 Å². The molecule has 3 aromatic rings. The summed E-state index contributed by atoms with van der Waals surface area (Å²) >= 11 is 0. The number of hydrogen-bond donors (Lipinski definition) is 0. The summed E-state index contributed by atoms with van der Waals surface area (Å²) in [5, 5.41) is 4.67. The third-order valence-corrected chi connectivity index (χ3v) is 12.6. The van der Waals surface area contributed by atoms with E-state index in [1.54, 1.807) is 15.9 Å². The average molecular weight is 475 g/mol. The second-order valence-electron chi connectivity index (χ2n) is 10.4. The first kappa shape index (κ1) is 26.7. The van der Waals surface area contributed by atoms with E-state index in [0.29, 0.717) is 0 Å². The van der Waals surface area contributed by atoms with Gasteiger partial charge in [0.15, 0.2) is 0 Å². The van der Waals surface area contributed by atoms with Crippen LogP contribution < -0.4 is 15.9 Å². The molecule has 0 fully saturated rings. The van der Waals surface area contributed by atoms with Gasteiger partial charge in [-0.3, -0.25) is 0 Å². The van der Waals surface area contributed by atoms with Crippen molar-refractivity contribution in [1.29, 1.82) is 0 Å². The Balaban J connectivity index is 1.80. The quantitative estimate of drug-likeness (QED) is 0.162. The fourth-order valence-electron chi connectivity index (χ4n) is 5.32. The van der Waals surface area contributed by atoms with Crippen LogP contribution in [0.4, 0.5) is 0 Å². The second kappa shape index (κ2) is 13.8. The molecule has 0 aliphatic carbocycles. The average Bonchev–Trinajstić information content (AvgIpc) is 2.85. The molecule has 3 rings (SSSR count). The molecule has 0 N–H and O–H groups in total. The van der Waals surface area contributed by atoms with Crippen LogP contribution >= 0.6 is 7.26 Å². The van der Waals surface area contributed by atoms with Gasteiger partial charge < -0.3 is 0 Å². The molecule has 0 aliphatic rings. The van der Waals surface area contributed by atoms with E-state index in [0.717, 1.165) is 0 Å². The van der Waals surface area contributed by atoms with Gasteiger partial charge in [-0.25, -0.2) is 0 Å². The van der Waals surface area contributed by atoms with E-state index in [9.17, 15) is 0 Å². The summed E-state index contributed by atoms with van der Waals surface area (Å²) in [6.07, 6.45) is 15.2. The van der Waals surface area contributed by atoms with Gasteiger partial charge in [-0.05, 0) is 0 Å². The molecule has 0 radical (unpaired) electrons. The molecule has 0 aromatic heterocycles. The summed E-state index contributed by atoms with van der Waals surface area (Å²) < 4.78 is 0. The zero-order valence-corrected chi connectivity index (χ0v) is 23.2. The van der Waals surface area contributed by atoms with E-state index in [4.69, 9.17) is 0 Å². The first-order valence-corrected chi connectivity index (χ1v) is 16.0. The third kappa shape index (κ3) is 7.29. The molecule has 0 aliphatic heterocycles. The van der Waals surface area contributed by atoms with Gasteiger partial charge in [-0.15, -0.1) is 0 Å². The minimum absolute atomic E-state index is 1.29. The van der Waals surface area contributed by atoms with Gasteiger partial charge in [0, 0.05) is 0 Å². The topological polar surface area (TPSA) is 0 Å². The van der Waals surface area contributed by atoms with E-state index in [-0.39, 0.29) is 0 Å². The van der Waals surface area contributed by atoms with Gasteiger partial charge in [-0.2, -0.15) is 0 Å². The van der Waals surface area contributed by atoms with E-state index in [1.165, 1.54) is 87.1 Å². The Hall–Kier alpha value is -1.91. The van der Waals surface area contributed by atoms with Crippen LogP contribution in [0.5, 0.6) is 0 Å². The van der Waals surface area contributed by atoms with Crippen LogP contribution in [0.15, 0.2) is 72.8 Å². The molecule has 0 saturated carbocycles. The molecule has 0 heterocycles. The molecular weight excluding hydrogens is 427 g/mol. The van der Waals surface area contributed by atoms with Gasteiger partial charge in [0.05, 0.1) is 0 Å². The Morgan fingerprint density at radius 1 is 0.412 bits per heavy atom. The molecule has 0 spiro atoms. The van der Waals surface area contributed by atoms with Gasteiger partial charge in [0.25, 0.3) is 0 Å². The molecule has 184 valence electrons. The Bertz CT molecular complexity index is 840. The van der Waals surface area contributed by atoms with Crippen LogP contribution in [0.1, 0.15) is 87.8 Å². The van der Waals surface area contributed by atoms with Crippen molar-refractivity contribution >= 4 is 23.2 Å². The summed E-state index contributed by atoms with van der Waals surface area (Å²) in [4.78, 5) is 0. The van der Waals surface area contributed by atoms with E-state index in [2.05, 4.69) is 100 Å². The van der Waals surface area contributed by atoms with Crippen LogP contribution in [0, 0.1) is 20.8 Å². The third-order valence-electron chi connectivity index (χ3n) is 7.54. The first-order valence-electron chi connectivity index (χ1n) is 13.8. The van der Waals surface area contributed by atoms with Crippen LogP contribution in [-0.2, 0) is 0 Å². The molecule has 0 saturated heterocycles. The van der Waals surface area contributed by atoms with Crippen molar-refractivity contribution in [1.82, 2.24) is 0 Å². The van der Waals surface area contributed by atoms with Crippen molar-refractivity contribution in [3.63, 3.8) is 0 Å². The Labute approximate surface area is 210 Å². The second-order valence-corrected chi connectivity index (χ2v) is 14.5. The van der Waals surface area contributed by atoms with E-state index >= 15 is 0 Å². The van der Waals surface area contributed by atoms with Crippen molar-refractivity contribution in [2.75, 3.05) is 6.16 Å². The number of rotatable bonds is 14. The standard InChI is InChI=1S/C33H47P/c1-5-6-7-8-9-10-11-12-13-14-27-34(31-21-15-28(2)16-22-31,32-23-17-29(3)18-24-32)33-25-19-30(4)20-26-33/h15-26,34H,5-14,27H2,1-4H3. The Morgan fingerprint density at radius 2 is 0.706 bits per heavy atom. The maximum atomic E-state index is 2.43. The molecule has 1 heteroatoms. The predicted octanol–water partition coefficient (Wildman–Crippen LogP) is 8.56. The summed E-state index contributed by atoms with van der Waals surface area (Å²) in [6, 6.07) is 28.5. The van der Waals surface area contributed by atoms with Gasteiger partial charge in [0.1, 0.15) is 0 Å². The normalized spacial score (nSPS) is 12.1. The SMILES string of the molecule is CCCCCCCCCCCC[PH](c1ccc(C)cc1)(c1ccc(C)cc1)c1ccc(C)cc1. The summed E-state index contributed by atoms with van der Waals surface area (Å²) in [5.41, 5.74) is 4.04.